The van der Waals surface area contributed by atoms with Gasteiger partial charge in [-0.05, 0) is 115 Å². The molecule has 5 N–H and O–H groups in total. The van der Waals surface area contributed by atoms with Gasteiger partial charge in [-0.3, -0.25) is 4.79 Å². The summed E-state index contributed by atoms with van der Waals surface area (Å²) in [5.41, 5.74) is 7.78. The zero-order chi connectivity index (χ0) is 31.5. The average molecular weight is 609 g/mol. The van der Waals surface area contributed by atoms with Gasteiger partial charge in [0.1, 0.15) is 6.10 Å². The summed E-state index contributed by atoms with van der Waals surface area (Å²) in [7, 11) is 0. The molecule has 0 saturated heterocycles. The molecule has 44 heavy (non-hydrogen) atoms. The lowest BCUT2D eigenvalue weighted by Crippen LogP contribution is -2.52. The number of rotatable bonds is 12. The largest absolute Gasteiger partial charge is 0.446 e. The number of nitrogens with one attached hydrogen (secondary N) is 3. The fraction of sp³-hybridized carbons (Fsp3) is 0.784. The first-order valence-corrected chi connectivity index (χ1v) is 17.8. The first-order valence-electron chi connectivity index (χ1n) is 17.8. The van der Waals surface area contributed by atoms with Gasteiger partial charge < -0.3 is 26.1 Å². The summed E-state index contributed by atoms with van der Waals surface area (Å²) in [4.78, 5) is 27.9. The second-order valence-electron chi connectivity index (χ2n) is 15.9. The van der Waals surface area contributed by atoms with E-state index in [1.54, 1.807) is 0 Å². The molecule has 1 aromatic rings. The summed E-state index contributed by atoms with van der Waals surface area (Å²) in [6.07, 6.45) is 21.4. The molecule has 0 bridgehead atoms. The molecule has 9 unspecified atom stereocenters. The summed E-state index contributed by atoms with van der Waals surface area (Å²) < 4.78 is 5.89. The van der Waals surface area contributed by atoms with Crippen LogP contribution in [0.5, 0.6) is 0 Å². The van der Waals surface area contributed by atoms with Crippen LogP contribution in [-0.2, 0) is 16.0 Å². The van der Waals surface area contributed by atoms with E-state index >= 15 is 0 Å². The predicted octanol–water partition coefficient (Wildman–Crippen LogP) is 6.99. The molecule has 0 aliphatic heterocycles. The van der Waals surface area contributed by atoms with Gasteiger partial charge in [0.2, 0.25) is 5.91 Å². The van der Waals surface area contributed by atoms with E-state index in [0.717, 1.165) is 54.4 Å². The number of amides is 2. The Morgan fingerprint density at radius 2 is 1.75 bits per heavy atom. The van der Waals surface area contributed by atoms with Crippen molar-refractivity contribution >= 4 is 12.0 Å². The molecule has 3 fully saturated rings. The van der Waals surface area contributed by atoms with Gasteiger partial charge in [-0.2, -0.15) is 0 Å². The molecule has 0 aromatic carbocycles. The number of aromatic nitrogens is 1. The van der Waals surface area contributed by atoms with Gasteiger partial charge in [0.15, 0.2) is 0 Å². The van der Waals surface area contributed by atoms with Crippen LogP contribution < -0.4 is 16.4 Å². The molecule has 2 amide bonds. The van der Waals surface area contributed by atoms with Crippen molar-refractivity contribution < 1.29 is 14.3 Å². The lowest BCUT2D eigenvalue weighted by atomic mass is 9.46. The van der Waals surface area contributed by atoms with Crippen molar-refractivity contribution in [3.8, 4) is 0 Å². The van der Waals surface area contributed by atoms with Crippen LogP contribution in [0.1, 0.15) is 104 Å². The van der Waals surface area contributed by atoms with Crippen molar-refractivity contribution in [1.82, 2.24) is 15.6 Å². The molecular weight excluding hydrogens is 548 g/mol. The first kappa shape index (κ1) is 33.1. The first-order chi connectivity index (χ1) is 21.0. The quantitative estimate of drug-likeness (QED) is 0.151. The molecule has 0 radical (unpaired) electrons. The Morgan fingerprint density at radius 3 is 2.50 bits per heavy atom. The molecule has 246 valence electrons. The Labute approximate surface area is 266 Å². The van der Waals surface area contributed by atoms with Crippen LogP contribution in [0.25, 0.3) is 0 Å². The molecule has 0 spiro atoms. The average Bonchev–Trinajstić information content (AvgIpc) is 3.62. The Balaban J connectivity index is 1.08. The Bertz CT molecular complexity index is 1130. The minimum absolute atomic E-state index is 0.0601. The van der Waals surface area contributed by atoms with E-state index in [1.165, 1.54) is 44.9 Å². The molecule has 5 rings (SSSR count). The maximum atomic E-state index is 12.6. The fourth-order valence-corrected chi connectivity index (χ4v) is 10.2. The lowest BCUT2D eigenvalue weighted by Gasteiger charge is -2.59. The fourth-order valence-electron chi connectivity index (χ4n) is 10.2. The van der Waals surface area contributed by atoms with Crippen LogP contribution in [0, 0.1) is 52.3 Å². The van der Waals surface area contributed by atoms with Crippen molar-refractivity contribution in [2.45, 2.75) is 117 Å². The van der Waals surface area contributed by atoms with Crippen LogP contribution in [0.2, 0.25) is 0 Å². The van der Waals surface area contributed by atoms with Gasteiger partial charge >= 0.3 is 6.09 Å². The Kier molecular flexibility index (Phi) is 10.5. The summed E-state index contributed by atoms with van der Waals surface area (Å²) >= 11 is 0. The van der Waals surface area contributed by atoms with Gasteiger partial charge in [0.05, 0.1) is 6.04 Å². The van der Waals surface area contributed by atoms with Crippen LogP contribution in [0.4, 0.5) is 4.79 Å². The van der Waals surface area contributed by atoms with Crippen molar-refractivity contribution in [3.05, 3.63) is 36.2 Å². The molecular formula is C37H60N4O3. The van der Waals surface area contributed by atoms with E-state index in [4.69, 9.17) is 10.5 Å². The minimum atomic E-state index is -0.617. The number of hydrogen-bond donors (Lipinski definition) is 4. The standard InChI is InChI=1S/C37H60N4O3/c1-24(2)7-6-8-25(3)30-11-12-31-29-10-9-27-22-28(13-16-36(27,4)32(29)14-17-37(30,31)5)44-35(43)41-20-19-40-34(42)33(38)21-26-15-18-39-23-26/h9-10,15,18,23-25,27-33,39H,6-8,11-14,16-17,19-22,38H2,1-5H3,(H,40,42)(H,41,43)/t25?,27?,28?,29?,30?,31?,32?,33-,36?,37?/m0/s1. The van der Waals surface area contributed by atoms with Crippen LogP contribution in [-0.4, -0.2) is 42.2 Å². The van der Waals surface area contributed by atoms with Gasteiger partial charge in [-0.25, -0.2) is 4.79 Å². The van der Waals surface area contributed by atoms with E-state index in [2.05, 4.69) is 62.4 Å². The van der Waals surface area contributed by atoms with Gasteiger partial charge in [0.25, 0.3) is 0 Å². The maximum Gasteiger partial charge on any atom is 0.407 e. The molecule has 7 nitrogen and oxygen atoms in total. The van der Waals surface area contributed by atoms with Crippen molar-refractivity contribution in [1.29, 1.82) is 0 Å². The number of ether oxygens (including phenoxy) is 1. The number of carbonyl (C=O) groups is 2. The number of nitrogens with two attached hydrogens (primary N) is 1. The maximum absolute atomic E-state index is 12.6. The SMILES string of the molecule is CC(C)CCCC(C)C1CCC2C3C=CC4CC(OC(=O)NCCNC(=O)[C@@H](N)Cc5cc[nH]c5)CCC4(C)C3CCC12C. The molecule has 1 heterocycles. The molecule has 4 aliphatic carbocycles. The summed E-state index contributed by atoms with van der Waals surface area (Å²) in [5.74, 6) is 5.02. The number of allylic oxidation sites excluding steroid dienone is 2. The summed E-state index contributed by atoms with van der Waals surface area (Å²) in [6, 6.07) is 1.29. The highest BCUT2D eigenvalue weighted by molar-refractivity contribution is 5.81. The molecule has 4 aliphatic rings. The van der Waals surface area contributed by atoms with Gasteiger partial charge in [0, 0.05) is 25.5 Å². The van der Waals surface area contributed by atoms with E-state index in [0.29, 0.717) is 42.2 Å². The van der Waals surface area contributed by atoms with E-state index in [1.807, 2.05) is 18.5 Å². The second-order valence-corrected chi connectivity index (χ2v) is 15.9. The monoisotopic (exact) mass is 608 g/mol. The zero-order valence-electron chi connectivity index (χ0n) is 28.1. The highest BCUT2D eigenvalue weighted by Gasteiger charge is 2.59. The molecule has 3 saturated carbocycles. The number of hydrogen-bond acceptors (Lipinski definition) is 4. The molecule has 10 atom stereocenters. The topological polar surface area (TPSA) is 109 Å². The van der Waals surface area contributed by atoms with Gasteiger partial charge in [-0.15, -0.1) is 0 Å². The third-order valence-electron chi connectivity index (χ3n) is 12.7. The summed E-state index contributed by atoms with van der Waals surface area (Å²) in [5, 5.41) is 5.63. The van der Waals surface area contributed by atoms with Crippen LogP contribution >= 0.6 is 0 Å². The van der Waals surface area contributed by atoms with E-state index in [9.17, 15) is 9.59 Å². The number of alkyl carbamates (subject to hydrolysis) is 1. The number of aromatic amines is 1. The smallest absolute Gasteiger partial charge is 0.407 e. The number of H-pyrrole nitrogens is 1. The Hall–Kier alpha value is -2.28. The molecule has 7 heteroatoms. The lowest BCUT2D eigenvalue weighted by molar-refractivity contribution is -0.122. The van der Waals surface area contributed by atoms with Gasteiger partial charge in [-0.1, -0.05) is 66.0 Å². The van der Waals surface area contributed by atoms with E-state index < -0.39 is 12.1 Å². The second kappa shape index (κ2) is 14.0. The van der Waals surface area contributed by atoms with Crippen LogP contribution in [0.3, 0.4) is 0 Å². The predicted molar refractivity (Wildman–Crippen MR) is 177 cm³/mol. The molecule has 1 aromatic heterocycles. The van der Waals surface area contributed by atoms with Crippen LogP contribution in [0.15, 0.2) is 30.6 Å². The highest BCUT2D eigenvalue weighted by atomic mass is 16.6. The number of carbonyl (C=O) groups excluding carboxylic acids is 2. The number of fused-ring (bicyclic) bond motifs is 5. The van der Waals surface area contributed by atoms with Crippen molar-refractivity contribution in [2.24, 2.45) is 58.0 Å². The van der Waals surface area contributed by atoms with Crippen molar-refractivity contribution in [2.75, 3.05) is 13.1 Å². The Morgan fingerprint density at radius 1 is 1.00 bits per heavy atom. The summed E-state index contributed by atoms with van der Waals surface area (Å²) in [6.45, 7) is 13.1. The highest BCUT2D eigenvalue weighted by Crippen LogP contribution is 2.67. The third kappa shape index (κ3) is 7.08. The normalized spacial score (nSPS) is 35.7. The zero-order valence-corrected chi connectivity index (χ0v) is 28.1. The third-order valence-corrected chi connectivity index (χ3v) is 12.7. The van der Waals surface area contributed by atoms with E-state index in [-0.39, 0.29) is 12.0 Å². The van der Waals surface area contributed by atoms with Crippen molar-refractivity contribution in [3.63, 3.8) is 0 Å². The minimum Gasteiger partial charge on any atom is -0.446 e.